The summed E-state index contributed by atoms with van der Waals surface area (Å²) in [6.45, 7) is 0.475. The van der Waals surface area contributed by atoms with E-state index < -0.39 is 5.54 Å². The summed E-state index contributed by atoms with van der Waals surface area (Å²) in [6, 6.07) is 14.8. The number of carbonyl (C=O) groups excluding carboxylic acids is 1. The SMILES string of the molecule is COC1=C(c2cc(Cl)cc(Cl)c2)C(=O)N2C[C@@H](n3nnc(C4CCCC4)c3I)CC12Cc1ccc(C#N)cc1. The lowest BCUT2D eigenvalue weighted by atomic mass is 9.85. The van der Waals surface area contributed by atoms with E-state index in [0.29, 0.717) is 57.8 Å². The van der Waals surface area contributed by atoms with Gasteiger partial charge in [-0.05, 0) is 76.9 Å². The molecule has 0 radical (unpaired) electrons. The van der Waals surface area contributed by atoms with Gasteiger partial charge in [-0.1, -0.05) is 53.4 Å². The van der Waals surface area contributed by atoms with Crippen LogP contribution in [-0.4, -0.2) is 45.0 Å². The molecule has 3 heterocycles. The number of fused-ring (bicyclic) bond motifs is 1. The summed E-state index contributed by atoms with van der Waals surface area (Å²) in [5.74, 6) is 0.936. The maximum atomic E-state index is 14.2. The Morgan fingerprint density at radius 2 is 1.85 bits per heavy atom. The smallest absolute Gasteiger partial charge is 0.258 e. The maximum absolute atomic E-state index is 14.2. The van der Waals surface area contributed by atoms with E-state index in [4.69, 9.17) is 27.9 Å². The van der Waals surface area contributed by atoms with E-state index in [1.807, 2.05) is 33.8 Å². The first-order valence-corrected chi connectivity index (χ1v) is 14.8. The summed E-state index contributed by atoms with van der Waals surface area (Å²) in [6.07, 6.45) is 5.89. The second kappa shape index (κ2) is 10.4. The Kier molecular flexibility index (Phi) is 7.11. The van der Waals surface area contributed by atoms with Gasteiger partial charge in [-0.2, -0.15) is 5.26 Å². The van der Waals surface area contributed by atoms with Crippen molar-refractivity contribution in [1.29, 1.82) is 5.26 Å². The van der Waals surface area contributed by atoms with Crippen LogP contribution in [0.1, 0.15) is 66.4 Å². The maximum Gasteiger partial charge on any atom is 0.258 e. The molecular weight excluding hydrogens is 648 g/mol. The van der Waals surface area contributed by atoms with E-state index in [0.717, 1.165) is 27.8 Å². The number of halogens is 3. The fourth-order valence-electron chi connectivity index (χ4n) is 6.58. The molecule has 0 N–H and O–H groups in total. The first kappa shape index (κ1) is 26.6. The van der Waals surface area contributed by atoms with Crippen molar-refractivity contribution in [3.63, 3.8) is 0 Å². The zero-order valence-electron chi connectivity index (χ0n) is 21.3. The molecule has 2 fully saturated rings. The molecule has 1 saturated heterocycles. The first-order chi connectivity index (χ1) is 18.8. The monoisotopic (exact) mass is 673 g/mol. The molecule has 0 spiro atoms. The van der Waals surface area contributed by atoms with Gasteiger partial charge in [0.2, 0.25) is 0 Å². The minimum Gasteiger partial charge on any atom is -0.498 e. The average molecular weight is 674 g/mol. The zero-order chi connectivity index (χ0) is 27.3. The number of aromatic nitrogens is 3. The Bertz CT molecular complexity index is 1500. The van der Waals surface area contributed by atoms with E-state index in [-0.39, 0.29) is 11.9 Å². The van der Waals surface area contributed by atoms with Gasteiger partial charge in [-0.3, -0.25) is 4.79 Å². The molecule has 200 valence electrons. The lowest BCUT2D eigenvalue weighted by Crippen LogP contribution is -2.45. The average Bonchev–Trinajstić information content (AvgIpc) is 3.68. The molecule has 1 aromatic heterocycles. The number of hydrogen-bond acceptors (Lipinski definition) is 5. The number of nitrogens with zero attached hydrogens (tertiary/aromatic N) is 5. The van der Waals surface area contributed by atoms with E-state index in [9.17, 15) is 10.1 Å². The van der Waals surface area contributed by atoms with Crippen molar-refractivity contribution in [2.75, 3.05) is 13.7 Å². The van der Waals surface area contributed by atoms with Crippen molar-refractivity contribution in [1.82, 2.24) is 19.9 Å². The molecule has 1 unspecified atom stereocenters. The summed E-state index contributed by atoms with van der Waals surface area (Å²) in [5, 5.41) is 19.4. The Morgan fingerprint density at radius 1 is 1.15 bits per heavy atom. The van der Waals surface area contributed by atoms with Gasteiger partial charge in [-0.15, -0.1) is 5.10 Å². The standard InChI is InChI=1S/C29H26Cl2IN5O2/c1-39-26-24(20-10-21(30)12-22(31)11-20)28(38)36-16-23(37-27(32)25(34-35-37)19-4-2-3-5-19)14-29(26,36)13-17-6-8-18(15-33)9-7-17/h6-12,19,23H,2-5,13-14,16H2,1H3/t23-,29?/m0/s1. The predicted molar refractivity (Wildman–Crippen MR) is 157 cm³/mol. The lowest BCUT2D eigenvalue weighted by Gasteiger charge is -2.34. The predicted octanol–water partition coefficient (Wildman–Crippen LogP) is 6.54. The molecule has 6 rings (SSSR count). The molecule has 3 aromatic rings. The Labute approximate surface area is 250 Å². The largest absolute Gasteiger partial charge is 0.498 e. The minimum atomic E-state index is -0.739. The second-order valence-electron chi connectivity index (χ2n) is 10.5. The van der Waals surface area contributed by atoms with E-state index in [1.165, 1.54) is 12.8 Å². The van der Waals surface area contributed by atoms with Gasteiger partial charge in [0.1, 0.15) is 15.0 Å². The topological polar surface area (TPSA) is 84.0 Å². The molecule has 3 aliphatic rings. The molecule has 0 bridgehead atoms. The molecule has 1 saturated carbocycles. The summed E-state index contributed by atoms with van der Waals surface area (Å²) in [7, 11) is 1.61. The van der Waals surface area contributed by atoms with E-state index in [2.05, 4.69) is 39.0 Å². The van der Waals surface area contributed by atoms with Gasteiger partial charge in [0.05, 0.1) is 36.1 Å². The molecule has 10 heteroatoms. The van der Waals surface area contributed by atoms with Gasteiger partial charge in [0, 0.05) is 35.3 Å². The van der Waals surface area contributed by atoms with Crippen molar-refractivity contribution in [2.24, 2.45) is 0 Å². The van der Waals surface area contributed by atoms with Crippen LogP contribution in [0.3, 0.4) is 0 Å². The molecule has 2 aromatic carbocycles. The number of nitriles is 1. The number of ether oxygens (including phenoxy) is 1. The fraction of sp³-hybridized carbons (Fsp3) is 0.379. The van der Waals surface area contributed by atoms with E-state index >= 15 is 0 Å². The molecular formula is C29H26Cl2IN5O2. The molecule has 1 aliphatic carbocycles. The van der Waals surface area contributed by atoms with Crippen LogP contribution < -0.4 is 0 Å². The normalized spacial score (nSPS) is 23.0. The van der Waals surface area contributed by atoms with Crippen LogP contribution in [0.15, 0.2) is 48.2 Å². The second-order valence-corrected chi connectivity index (χ2v) is 12.4. The van der Waals surface area contributed by atoms with Crippen molar-refractivity contribution in [2.45, 2.75) is 56.0 Å². The van der Waals surface area contributed by atoms with Crippen LogP contribution in [0.5, 0.6) is 0 Å². The number of benzene rings is 2. The van der Waals surface area contributed by atoms with Gasteiger partial charge in [0.15, 0.2) is 0 Å². The number of carbonyl (C=O) groups is 1. The highest BCUT2D eigenvalue weighted by atomic mass is 127. The van der Waals surface area contributed by atoms with Crippen LogP contribution in [0.2, 0.25) is 10.0 Å². The van der Waals surface area contributed by atoms with E-state index in [1.54, 1.807) is 25.3 Å². The van der Waals surface area contributed by atoms with Crippen LogP contribution in [-0.2, 0) is 16.0 Å². The third-order valence-electron chi connectivity index (χ3n) is 8.28. The highest BCUT2D eigenvalue weighted by molar-refractivity contribution is 14.1. The molecule has 7 nitrogen and oxygen atoms in total. The molecule has 2 aliphatic heterocycles. The summed E-state index contributed by atoms with van der Waals surface area (Å²) in [5.41, 5.74) is 3.05. The number of hydrogen-bond donors (Lipinski definition) is 0. The number of methoxy groups -OCH3 is 1. The summed E-state index contributed by atoms with van der Waals surface area (Å²) >= 11 is 15.0. The van der Waals surface area contributed by atoms with Crippen LogP contribution >= 0.6 is 45.8 Å². The lowest BCUT2D eigenvalue weighted by molar-refractivity contribution is -0.126. The van der Waals surface area contributed by atoms with Crippen LogP contribution in [0, 0.1) is 15.0 Å². The van der Waals surface area contributed by atoms with Crippen molar-refractivity contribution in [3.8, 4) is 6.07 Å². The van der Waals surface area contributed by atoms with Crippen molar-refractivity contribution >= 4 is 57.3 Å². The fourth-order valence-corrected chi connectivity index (χ4v) is 8.14. The van der Waals surface area contributed by atoms with Crippen LogP contribution in [0.4, 0.5) is 0 Å². The van der Waals surface area contributed by atoms with Crippen LogP contribution in [0.25, 0.3) is 5.57 Å². The number of amides is 1. The molecule has 2 atom stereocenters. The Balaban J connectivity index is 1.45. The van der Waals surface area contributed by atoms with Crippen molar-refractivity contribution in [3.05, 3.63) is 84.4 Å². The van der Waals surface area contributed by atoms with Gasteiger partial charge < -0.3 is 9.64 Å². The highest BCUT2D eigenvalue weighted by Gasteiger charge is 2.59. The Morgan fingerprint density at radius 3 is 2.49 bits per heavy atom. The molecule has 1 amide bonds. The van der Waals surface area contributed by atoms with Gasteiger partial charge in [0.25, 0.3) is 5.91 Å². The Hall–Kier alpha value is -2.61. The molecule has 39 heavy (non-hydrogen) atoms. The highest BCUT2D eigenvalue weighted by Crippen LogP contribution is 2.52. The van der Waals surface area contributed by atoms with Crippen molar-refractivity contribution < 1.29 is 9.53 Å². The van der Waals surface area contributed by atoms with Gasteiger partial charge >= 0.3 is 0 Å². The number of rotatable bonds is 6. The quantitative estimate of drug-likeness (QED) is 0.277. The minimum absolute atomic E-state index is 0.0588. The summed E-state index contributed by atoms with van der Waals surface area (Å²) < 4.78 is 9.15. The summed E-state index contributed by atoms with van der Waals surface area (Å²) in [4.78, 5) is 16.1. The third-order valence-corrected chi connectivity index (χ3v) is 9.76. The third kappa shape index (κ3) is 4.52. The van der Waals surface area contributed by atoms with Gasteiger partial charge in [-0.25, -0.2) is 4.68 Å². The first-order valence-electron chi connectivity index (χ1n) is 13.0. The zero-order valence-corrected chi connectivity index (χ0v) is 25.0.